The third-order valence-corrected chi connectivity index (χ3v) is 10.3. The van der Waals surface area contributed by atoms with Crippen LogP contribution in [0.5, 0.6) is 0 Å². The maximum atomic E-state index is 14.3. The van der Waals surface area contributed by atoms with E-state index in [1.807, 2.05) is 63.4 Å². The number of ketones is 1. The Morgan fingerprint density at radius 1 is 1.12 bits per heavy atom. The summed E-state index contributed by atoms with van der Waals surface area (Å²) in [4.78, 5) is 45.5. The number of esters is 1. The zero-order valence-electron chi connectivity index (χ0n) is 29.3. The molecule has 260 valence electrons. The number of benzene rings is 1. The topological polar surface area (TPSA) is 145 Å². The molecule has 0 aliphatic carbocycles. The summed E-state index contributed by atoms with van der Waals surface area (Å²) < 4.78 is 18.5. The smallest absolute Gasteiger partial charge is 0.408 e. The number of hydrogen-bond acceptors (Lipinski definition) is 9. The lowest BCUT2D eigenvalue weighted by atomic mass is 9.62. The molecule has 2 fully saturated rings. The Labute approximate surface area is 289 Å². The maximum absolute atomic E-state index is 14.3. The fourth-order valence-electron chi connectivity index (χ4n) is 7.39. The molecule has 1 amide bonds. The van der Waals surface area contributed by atoms with Crippen LogP contribution in [0.3, 0.4) is 0 Å². The van der Waals surface area contributed by atoms with Gasteiger partial charge in [0.05, 0.1) is 37.8 Å². The Balaban J connectivity index is 1.44. The molecule has 11 nitrogen and oxygen atoms in total. The number of nitrogens with zero attached hydrogens (tertiary/aromatic N) is 2. The van der Waals surface area contributed by atoms with Crippen LogP contribution < -0.4 is 10.6 Å². The van der Waals surface area contributed by atoms with E-state index in [-0.39, 0.29) is 30.8 Å². The average Bonchev–Trinajstić information content (AvgIpc) is 3.72. The molecule has 9 atom stereocenters. The molecule has 0 spiro atoms. The second-order valence-electron chi connectivity index (χ2n) is 14.1. The molecule has 1 aromatic carbocycles. The number of carbonyl (C=O) groups is 3. The van der Waals surface area contributed by atoms with Crippen LogP contribution in [0.1, 0.15) is 65.5 Å². The first-order valence-electron chi connectivity index (χ1n) is 17.2. The third kappa shape index (κ3) is 8.07. The van der Waals surface area contributed by atoms with E-state index >= 15 is 0 Å². The first-order chi connectivity index (χ1) is 23.3. The highest BCUT2D eigenvalue weighted by molar-refractivity contribution is 6.15. The minimum atomic E-state index is -1.17. The number of alkyl carbamates (subject to hydrolysis) is 1. The van der Waals surface area contributed by atoms with Crippen LogP contribution in [-0.4, -0.2) is 83.4 Å². The number of fused-ring (bicyclic) bond motifs is 2. The van der Waals surface area contributed by atoms with Crippen molar-refractivity contribution in [2.45, 2.75) is 96.0 Å². The number of nitrogens with one attached hydrogen (secondary N) is 3. The molecule has 1 unspecified atom stereocenters. The summed E-state index contributed by atoms with van der Waals surface area (Å²) in [5.41, 5.74) is 0.426. The monoisotopic (exact) mass is 669 g/mol. The normalized spacial score (nSPS) is 33.3. The predicted octanol–water partition coefficient (Wildman–Crippen LogP) is 4.97. The van der Waals surface area contributed by atoms with E-state index in [9.17, 15) is 14.4 Å². The Kier molecular flexibility index (Phi) is 11.3. The van der Waals surface area contributed by atoms with Crippen molar-refractivity contribution in [3.05, 3.63) is 66.1 Å². The highest BCUT2D eigenvalue weighted by Crippen LogP contribution is 2.40. The van der Waals surface area contributed by atoms with Gasteiger partial charge in [-0.05, 0) is 81.6 Å². The lowest BCUT2D eigenvalue weighted by Crippen LogP contribution is -2.60. The fraction of sp³-hybridized carbons (Fsp3) is 0.541. The highest BCUT2D eigenvalue weighted by Gasteiger charge is 2.55. The van der Waals surface area contributed by atoms with Crippen molar-refractivity contribution in [1.82, 2.24) is 25.8 Å². The summed E-state index contributed by atoms with van der Waals surface area (Å²) in [6, 6.07) is 9.26. The van der Waals surface area contributed by atoms with Crippen molar-refractivity contribution < 1.29 is 28.6 Å². The van der Waals surface area contributed by atoms with Gasteiger partial charge in [0, 0.05) is 29.7 Å². The standard InChI is InChI=1S/C37H48BN5O6/c1-7-30-37(6)33(43-35(46)49-37)24(4)39-18-22(2)17-36(5,47-14-10-11-25-15-27-12-8-9-13-29(27)40-19-25)32(38)23(3)31(44)28(34(45)48-30)16-26-20-41-42-21-26/h8-13,15,19-24,28,30,32-33,39H,7,14,16-18H2,1-6H3,(H,41,42)(H,43,46)/b11-10+/t22-,23+,24-,28?,30-,32-,33-,36-,37-/m1/s1. The summed E-state index contributed by atoms with van der Waals surface area (Å²) in [6.07, 6.45) is 8.51. The van der Waals surface area contributed by atoms with E-state index in [0.29, 0.717) is 24.9 Å². The molecule has 2 aliphatic heterocycles. The fourth-order valence-corrected chi connectivity index (χ4v) is 7.39. The number of rotatable bonds is 7. The van der Waals surface area contributed by atoms with E-state index in [4.69, 9.17) is 22.1 Å². The Morgan fingerprint density at radius 2 is 1.90 bits per heavy atom. The lowest BCUT2D eigenvalue weighted by molar-refractivity contribution is -0.170. The molecular formula is C37H48BN5O6. The van der Waals surface area contributed by atoms with Gasteiger partial charge in [-0.15, -0.1) is 0 Å². The summed E-state index contributed by atoms with van der Waals surface area (Å²) >= 11 is 0. The molecule has 0 saturated carbocycles. The van der Waals surface area contributed by atoms with Crippen molar-refractivity contribution in [2.75, 3.05) is 13.2 Å². The van der Waals surface area contributed by atoms with E-state index in [2.05, 4.69) is 38.8 Å². The van der Waals surface area contributed by atoms with Gasteiger partial charge in [0.1, 0.15) is 17.8 Å². The van der Waals surface area contributed by atoms with E-state index in [1.54, 1.807) is 26.2 Å². The second kappa shape index (κ2) is 15.3. The van der Waals surface area contributed by atoms with Gasteiger partial charge in [-0.3, -0.25) is 19.7 Å². The molecule has 4 heterocycles. The van der Waals surface area contributed by atoms with Crippen LogP contribution in [0.4, 0.5) is 4.79 Å². The molecule has 5 rings (SSSR count). The predicted molar refractivity (Wildman–Crippen MR) is 188 cm³/mol. The third-order valence-electron chi connectivity index (χ3n) is 10.3. The van der Waals surface area contributed by atoms with Crippen LogP contribution in [0, 0.1) is 17.8 Å². The first-order valence-corrected chi connectivity index (χ1v) is 17.2. The van der Waals surface area contributed by atoms with Gasteiger partial charge in [-0.2, -0.15) is 5.10 Å². The van der Waals surface area contributed by atoms with Crippen LogP contribution in [-0.2, 0) is 30.2 Å². The summed E-state index contributed by atoms with van der Waals surface area (Å²) in [5, 5.41) is 14.3. The molecule has 2 saturated heterocycles. The molecule has 3 N–H and O–H groups in total. The average molecular weight is 670 g/mol. The molecule has 2 aliphatic rings. The Morgan fingerprint density at radius 3 is 2.63 bits per heavy atom. The summed E-state index contributed by atoms with van der Waals surface area (Å²) in [5.74, 6) is -3.66. The molecular weight excluding hydrogens is 621 g/mol. The number of H-pyrrole nitrogens is 1. The van der Waals surface area contributed by atoms with Crippen LogP contribution in [0.25, 0.3) is 17.0 Å². The van der Waals surface area contributed by atoms with Crippen LogP contribution >= 0.6 is 0 Å². The number of aromatic amines is 1. The number of carbonyl (C=O) groups excluding carboxylic acids is 3. The van der Waals surface area contributed by atoms with Crippen molar-refractivity contribution >= 4 is 42.7 Å². The van der Waals surface area contributed by atoms with Crippen molar-refractivity contribution in [3.8, 4) is 0 Å². The lowest BCUT2D eigenvalue weighted by Gasteiger charge is -2.41. The van der Waals surface area contributed by atoms with Gasteiger partial charge in [0.2, 0.25) is 0 Å². The SMILES string of the molecule is [B][C@@H]1[C@@H](C)C(=O)C(Cc2cn[nH]c2)C(=O)O[C@H](CC)[C@@]2(C)OC(=O)N[C@@H]2[C@@H](C)NC[C@H](C)C[C@@]1(C)OC/C=C/c1cnc2ccccc2c1. The number of ether oxygens (including phenoxy) is 3. The van der Waals surface area contributed by atoms with E-state index < -0.39 is 53.1 Å². The number of aromatic nitrogens is 3. The number of para-hydroxylation sites is 1. The van der Waals surface area contributed by atoms with Gasteiger partial charge in [0.15, 0.2) is 5.60 Å². The van der Waals surface area contributed by atoms with Crippen molar-refractivity contribution in [1.29, 1.82) is 0 Å². The maximum Gasteiger partial charge on any atom is 0.408 e. The zero-order chi connectivity index (χ0) is 35.3. The van der Waals surface area contributed by atoms with Gasteiger partial charge >= 0.3 is 12.1 Å². The summed E-state index contributed by atoms with van der Waals surface area (Å²) in [6.45, 7) is 12.2. The number of amides is 1. The molecule has 3 aromatic rings. The molecule has 2 radical (unpaired) electrons. The van der Waals surface area contributed by atoms with Gasteiger partial charge in [0.25, 0.3) is 0 Å². The largest absolute Gasteiger partial charge is 0.457 e. The van der Waals surface area contributed by atoms with Crippen molar-refractivity contribution in [2.24, 2.45) is 17.8 Å². The van der Waals surface area contributed by atoms with Crippen molar-refractivity contribution in [3.63, 3.8) is 0 Å². The van der Waals surface area contributed by atoms with Gasteiger partial charge < -0.3 is 24.8 Å². The number of cyclic esters (lactones) is 1. The minimum Gasteiger partial charge on any atom is -0.457 e. The molecule has 0 bridgehead atoms. The highest BCUT2D eigenvalue weighted by atomic mass is 16.6. The van der Waals surface area contributed by atoms with Crippen LogP contribution in [0.15, 0.2) is 55.0 Å². The zero-order valence-corrected chi connectivity index (χ0v) is 29.3. The van der Waals surface area contributed by atoms with Gasteiger partial charge in [-0.25, -0.2) is 4.79 Å². The quantitative estimate of drug-likeness (QED) is 0.180. The molecule has 49 heavy (non-hydrogen) atoms. The Bertz CT molecular complexity index is 1650. The second-order valence-corrected chi connectivity index (χ2v) is 14.1. The van der Waals surface area contributed by atoms with E-state index in [1.165, 1.54) is 0 Å². The number of pyridine rings is 1. The van der Waals surface area contributed by atoms with Crippen LogP contribution in [0.2, 0.25) is 5.82 Å². The number of hydrogen-bond donors (Lipinski definition) is 3. The first kappa shape index (κ1) is 36.3. The van der Waals surface area contributed by atoms with Gasteiger partial charge in [-0.1, -0.05) is 51.1 Å². The summed E-state index contributed by atoms with van der Waals surface area (Å²) in [7, 11) is 6.98. The molecule has 2 aromatic heterocycles. The minimum absolute atomic E-state index is 0.0606. The van der Waals surface area contributed by atoms with E-state index in [0.717, 1.165) is 16.5 Å². The Hall–Kier alpha value is -4.03. The molecule has 12 heteroatoms. The number of Topliss-reactive ketones (excluding diaryl/α,β-unsaturated/α-hetero) is 1.